The Hall–Kier alpha value is 1.03. The Morgan fingerprint density at radius 2 is 1.71 bits per heavy atom. The van der Waals surface area contributed by atoms with Crippen LogP contribution in [0, 0.1) is 11.3 Å². The third kappa shape index (κ3) is 2.53. The lowest BCUT2D eigenvalue weighted by Gasteiger charge is -2.59. The summed E-state index contributed by atoms with van der Waals surface area (Å²) in [5.41, 5.74) is -0.782. The van der Waals surface area contributed by atoms with E-state index in [1.165, 1.54) is 0 Å². The van der Waals surface area contributed by atoms with Crippen LogP contribution in [0.5, 0.6) is 0 Å². The van der Waals surface area contributed by atoms with Gasteiger partial charge in [-0.15, -0.1) is 11.6 Å². The van der Waals surface area contributed by atoms with E-state index in [9.17, 15) is 13.5 Å². The Morgan fingerprint density at radius 1 is 1.29 bits per heavy atom. The summed E-state index contributed by atoms with van der Waals surface area (Å²) in [6.45, 7) is 3.26. The van der Waals surface area contributed by atoms with Crippen LogP contribution in [0.3, 0.4) is 0 Å². The van der Waals surface area contributed by atoms with Gasteiger partial charge in [-0.05, 0) is 5.41 Å². The van der Waals surface area contributed by atoms with Crippen LogP contribution in [0.25, 0.3) is 0 Å². The fourth-order valence-corrected chi connectivity index (χ4v) is 4.69. The molecule has 3 unspecified atom stereocenters. The zero-order valence-electron chi connectivity index (χ0n) is 8.99. The molecular weight excluding hydrogens is 334 g/mol. The maximum Gasteiger partial charge on any atom is 0.296 e. The highest BCUT2D eigenvalue weighted by Crippen LogP contribution is 2.62. The van der Waals surface area contributed by atoms with Crippen molar-refractivity contribution >= 4 is 56.5 Å². The molecule has 0 aromatic carbocycles. The second kappa shape index (κ2) is 4.27. The maximum absolute atomic E-state index is 11.2. The van der Waals surface area contributed by atoms with Gasteiger partial charge in [-0.3, -0.25) is 4.55 Å². The van der Waals surface area contributed by atoms with Gasteiger partial charge in [-0.1, -0.05) is 48.7 Å². The lowest BCUT2D eigenvalue weighted by molar-refractivity contribution is -0.121. The SMILES string of the molecule is CC1(C)C(Cl)C(O)(S(=O)(=O)O)C1CC(Cl)(Cl)Cl. The summed E-state index contributed by atoms with van der Waals surface area (Å²) in [5, 5.41) is 8.85. The molecule has 0 bridgehead atoms. The molecule has 102 valence electrons. The van der Waals surface area contributed by atoms with E-state index in [-0.39, 0.29) is 6.42 Å². The van der Waals surface area contributed by atoms with E-state index in [1.54, 1.807) is 13.8 Å². The van der Waals surface area contributed by atoms with Crippen molar-refractivity contribution in [2.24, 2.45) is 11.3 Å². The molecule has 9 heteroatoms. The highest BCUT2D eigenvalue weighted by Gasteiger charge is 2.72. The van der Waals surface area contributed by atoms with Crippen molar-refractivity contribution in [3.63, 3.8) is 0 Å². The molecule has 1 saturated carbocycles. The molecule has 0 radical (unpaired) electrons. The van der Waals surface area contributed by atoms with Crippen LogP contribution in [0.2, 0.25) is 0 Å². The summed E-state index contributed by atoms with van der Waals surface area (Å²) in [7, 11) is -4.76. The maximum atomic E-state index is 11.2. The van der Waals surface area contributed by atoms with Crippen LogP contribution in [-0.4, -0.2) is 32.2 Å². The Bertz CT molecular complexity index is 416. The zero-order valence-corrected chi connectivity index (χ0v) is 12.8. The predicted molar refractivity (Wildman–Crippen MR) is 68.3 cm³/mol. The van der Waals surface area contributed by atoms with Gasteiger partial charge in [-0.2, -0.15) is 8.42 Å². The average Bonchev–Trinajstić information content (AvgIpc) is 2.08. The highest BCUT2D eigenvalue weighted by atomic mass is 35.6. The van der Waals surface area contributed by atoms with Gasteiger partial charge in [0.1, 0.15) is 0 Å². The largest absolute Gasteiger partial charge is 0.371 e. The first-order valence-corrected chi connectivity index (χ1v) is 7.66. The summed E-state index contributed by atoms with van der Waals surface area (Å²) < 4.78 is 29.8. The Morgan fingerprint density at radius 3 is 2.00 bits per heavy atom. The van der Waals surface area contributed by atoms with Gasteiger partial charge in [0.25, 0.3) is 10.1 Å². The van der Waals surface area contributed by atoms with E-state index >= 15 is 0 Å². The minimum atomic E-state index is -4.76. The summed E-state index contributed by atoms with van der Waals surface area (Å²) in [5.74, 6) is -0.972. The first kappa shape index (κ1) is 16.1. The molecule has 0 spiro atoms. The third-order valence-corrected chi connectivity index (χ3v) is 6.10. The summed E-state index contributed by atoms with van der Waals surface area (Å²) in [6.07, 6.45) is -0.232. The molecule has 0 heterocycles. The minimum Gasteiger partial charge on any atom is -0.371 e. The normalized spacial score (nSPS) is 37.6. The average molecular weight is 346 g/mol. The van der Waals surface area contributed by atoms with Crippen molar-refractivity contribution in [2.75, 3.05) is 0 Å². The molecule has 17 heavy (non-hydrogen) atoms. The molecule has 1 rings (SSSR count). The monoisotopic (exact) mass is 344 g/mol. The van der Waals surface area contributed by atoms with Crippen LogP contribution in [0.4, 0.5) is 0 Å². The molecule has 0 aliphatic heterocycles. The number of hydrogen-bond donors (Lipinski definition) is 2. The molecular formula is C8H12Cl4O4S. The van der Waals surface area contributed by atoms with Crippen molar-refractivity contribution in [3.05, 3.63) is 0 Å². The van der Waals surface area contributed by atoms with Gasteiger partial charge in [0.15, 0.2) is 3.79 Å². The van der Waals surface area contributed by atoms with Crippen molar-refractivity contribution in [1.82, 2.24) is 0 Å². The van der Waals surface area contributed by atoms with Crippen LogP contribution < -0.4 is 0 Å². The molecule has 1 fully saturated rings. The standard InChI is InChI=1S/C8H12Cl4O4S/c1-6(2)4(3-7(10,11)12)8(13,5(6)9)17(14,15)16/h4-5,13H,3H2,1-2H3,(H,14,15,16). The molecule has 0 aromatic rings. The molecule has 2 N–H and O–H groups in total. The smallest absolute Gasteiger partial charge is 0.296 e. The molecule has 0 saturated heterocycles. The number of rotatable bonds is 2. The summed E-state index contributed by atoms with van der Waals surface area (Å²) in [4.78, 5) is -2.48. The Balaban J connectivity index is 3.16. The second-order valence-electron chi connectivity index (χ2n) is 4.78. The van der Waals surface area contributed by atoms with E-state index in [4.69, 9.17) is 51.0 Å². The molecule has 4 nitrogen and oxygen atoms in total. The van der Waals surface area contributed by atoms with E-state index < -0.39 is 35.6 Å². The van der Waals surface area contributed by atoms with Crippen LogP contribution >= 0.6 is 46.4 Å². The Kier molecular flexibility index (Phi) is 4.04. The number of aliphatic hydroxyl groups is 1. The van der Waals surface area contributed by atoms with Gasteiger partial charge in [0.05, 0.1) is 5.38 Å². The van der Waals surface area contributed by atoms with Gasteiger partial charge in [0, 0.05) is 12.3 Å². The molecule has 3 atom stereocenters. The first-order valence-electron chi connectivity index (χ1n) is 4.65. The van der Waals surface area contributed by atoms with E-state index in [2.05, 4.69) is 0 Å². The quantitative estimate of drug-likeness (QED) is 0.595. The van der Waals surface area contributed by atoms with Crippen molar-refractivity contribution in [3.8, 4) is 0 Å². The van der Waals surface area contributed by atoms with Crippen LogP contribution in [0.1, 0.15) is 20.3 Å². The molecule has 0 amide bonds. The van der Waals surface area contributed by atoms with Gasteiger partial charge >= 0.3 is 0 Å². The van der Waals surface area contributed by atoms with Crippen LogP contribution in [0.15, 0.2) is 0 Å². The van der Waals surface area contributed by atoms with E-state index in [1.807, 2.05) is 0 Å². The first-order chi connectivity index (χ1) is 7.24. The number of hydrogen-bond acceptors (Lipinski definition) is 3. The minimum absolute atomic E-state index is 0.232. The van der Waals surface area contributed by atoms with Crippen molar-refractivity contribution < 1.29 is 18.1 Å². The molecule has 1 aliphatic carbocycles. The highest BCUT2D eigenvalue weighted by molar-refractivity contribution is 7.87. The lowest BCUT2D eigenvalue weighted by atomic mass is 9.58. The molecule has 1 aliphatic rings. The van der Waals surface area contributed by atoms with Gasteiger partial charge in [0.2, 0.25) is 4.93 Å². The van der Waals surface area contributed by atoms with Gasteiger partial charge < -0.3 is 5.11 Å². The third-order valence-electron chi connectivity index (χ3n) is 3.26. The van der Waals surface area contributed by atoms with Crippen molar-refractivity contribution in [2.45, 2.75) is 34.4 Å². The molecule has 0 aromatic heterocycles. The summed E-state index contributed by atoms with van der Waals surface area (Å²) >= 11 is 22.6. The number of alkyl halides is 4. The zero-order chi connectivity index (χ0) is 13.9. The topological polar surface area (TPSA) is 74.6 Å². The number of halogens is 4. The fourth-order valence-electron chi connectivity index (χ4n) is 2.27. The van der Waals surface area contributed by atoms with E-state index in [0.29, 0.717) is 0 Å². The van der Waals surface area contributed by atoms with Crippen molar-refractivity contribution in [1.29, 1.82) is 0 Å². The predicted octanol–water partition coefficient (Wildman–Crippen LogP) is 2.59. The lowest BCUT2D eigenvalue weighted by Crippen LogP contribution is -2.72. The summed E-state index contributed by atoms with van der Waals surface area (Å²) in [6, 6.07) is 0. The second-order valence-corrected chi connectivity index (χ2v) is 9.34. The van der Waals surface area contributed by atoms with E-state index in [0.717, 1.165) is 0 Å². The van der Waals surface area contributed by atoms with Crippen LogP contribution in [-0.2, 0) is 10.1 Å². The fraction of sp³-hybridized carbons (Fsp3) is 1.00. The Labute approximate surface area is 120 Å². The van der Waals surface area contributed by atoms with Gasteiger partial charge in [-0.25, -0.2) is 0 Å².